The first kappa shape index (κ1) is 22.9. The van der Waals surface area contributed by atoms with Gasteiger partial charge in [-0.25, -0.2) is 0 Å². The number of methoxy groups -OCH3 is 1. The van der Waals surface area contributed by atoms with Crippen LogP contribution in [0.1, 0.15) is 12.5 Å². The van der Waals surface area contributed by atoms with Crippen molar-refractivity contribution in [2.75, 3.05) is 18.2 Å². The van der Waals surface area contributed by atoms with E-state index in [4.69, 9.17) is 16.3 Å². The van der Waals surface area contributed by atoms with Crippen molar-refractivity contribution in [3.05, 3.63) is 83.4 Å². The van der Waals surface area contributed by atoms with Gasteiger partial charge in [0.2, 0.25) is 5.91 Å². The van der Waals surface area contributed by atoms with Gasteiger partial charge in [-0.15, -0.1) is 10.2 Å². The number of benzene rings is 3. The molecular formula is C25H23ClN4O2S. The number of amides is 1. The molecule has 0 aliphatic rings. The van der Waals surface area contributed by atoms with Gasteiger partial charge in [0.1, 0.15) is 5.75 Å². The number of nitrogens with one attached hydrogen (secondary N) is 1. The molecular weight excluding hydrogens is 456 g/mol. The lowest BCUT2D eigenvalue weighted by Gasteiger charge is -2.12. The lowest BCUT2D eigenvalue weighted by molar-refractivity contribution is -0.113. The molecule has 0 unspecified atom stereocenters. The van der Waals surface area contributed by atoms with Gasteiger partial charge < -0.3 is 10.1 Å². The molecule has 0 saturated heterocycles. The maximum Gasteiger partial charge on any atom is 0.234 e. The SMILES string of the molecule is CCc1ccccc1NC(=O)CSc1nnc(-c2ccc(OC)cc2)n1-c1ccc(Cl)cc1. The van der Waals surface area contributed by atoms with Crippen molar-refractivity contribution in [1.82, 2.24) is 14.8 Å². The van der Waals surface area contributed by atoms with Gasteiger partial charge in [0.25, 0.3) is 0 Å². The second-order valence-corrected chi connectivity index (χ2v) is 8.57. The van der Waals surface area contributed by atoms with Gasteiger partial charge in [-0.3, -0.25) is 9.36 Å². The second kappa shape index (κ2) is 10.6. The molecule has 6 nitrogen and oxygen atoms in total. The first-order chi connectivity index (χ1) is 16.1. The summed E-state index contributed by atoms with van der Waals surface area (Å²) >= 11 is 7.42. The third kappa shape index (κ3) is 5.38. The number of para-hydroxylation sites is 1. The summed E-state index contributed by atoms with van der Waals surface area (Å²) in [5, 5.41) is 13.0. The highest BCUT2D eigenvalue weighted by atomic mass is 35.5. The number of aromatic nitrogens is 3. The quantitative estimate of drug-likeness (QED) is 0.320. The lowest BCUT2D eigenvalue weighted by Crippen LogP contribution is -2.15. The van der Waals surface area contributed by atoms with Crippen LogP contribution in [-0.2, 0) is 11.2 Å². The Morgan fingerprint density at radius 1 is 1.03 bits per heavy atom. The average Bonchev–Trinajstić information content (AvgIpc) is 3.27. The molecule has 0 aliphatic heterocycles. The van der Waals surface area contributed by atoms with E-state index >= 15 is 0 Å². The van der Waals surface area contributed by atoms with Crippen molar-refractivity contribution in [3.8, 4) is 22.8 Å². The highest BCUT2D eigenvalue weighted by molar-refractivity contribution is 7.99. The number of hydrogen-bond donors (Lipinski definition) is 1. The van der Waals surface area contributed by atoms with Crippen molar-refractivity contribution >= 4 is 35.0 Å². The number of anilines is 1. The molecule has 33 heavy (non-hydrogen) atoms. The first-order valence-corrected chi connectivity index (χ1v) is 11.8. The van der Waals surface area contributed by atoms with Crippen LogP contribution in [0.4, 0.5) is 5.69 Å². The van der Waals surface area contributed by atoms with Crippen molar-refractivity contribution in [3.63, 3.8) is 0 Å². The minimum absolute atomic E-state index is 0.0995. The van der Waals surface area contributed by atoms with E-state index in [1.54, 1.807) is 7.11 Å². The molecule has 0 bridgehead atoms. The van der Waals surface area contributed by atoms with Crippen LogP contribution in [0, 0.1) is 0 Å². The minimum atomic E-state index is -0.0995. The van der Waals surface area contributed by atoms with E-state index in [1.807, 2.05) is 77.4 Å². The van der Waals surface area contributed by atoms with Crippen molar-refractivity contribution in [2.45, 2.75) is 18.5 Å². The first-order valence-electron chi connectivity index (χ1n) is 10.5. The predicted octanol–water partition coefficient (Wildman–Crippen LogP) is 5.89. The van der Waals surface area contributed by atoms with Gasteiger partial charge in [0.15, 0.2) is 11.0 Å². The third-order valence-corrected chi connectivity index (χ3v) is 6.25. The van der Waals surface area contributed by atoms with E-state index in [0.29, 0.717) is 16.0 Å². The Morgan fingerprint density at radius 3 is 2.45 bits per heavy atom. The number of rotatable bonds is 8. The van der Waals surface area contributed by atoms with Crippen LogP contribution in [0.3, 0.4) is 0 Å². The Kier molecular flexibility index (Phi) is 7.32. The Balaban J connectivity index is 1.60. The van der Waals surface area contributed by atoms with Crippen molar-refractivity contribution in [2.24, 2.45) is 0 Å². The number of nitrogens with zero attached hydrogens (tertiary/aromatic N) is 3. The molecule has 1 aromatic heterocycles. The van der Waals surface area contributed by atoms with E-state index in [2.05, 4.69) is 22.4 Å². The smallest absolute Gasteiger partial charge is 0.234 e. The summed E-state index contributed by atoms with van der Waals surface area (Å²) in [5.41, 5.74) is 3.67. The molecule has 168 valence electrons. The zero-order chi connectivity index (χ0) is 23.2. The Bertz CT molecular complexity index is 1240. The van der Waals surface area contributed by atoms with Gasteiger partial charge in [-0.05, 0) is 66.6 Å². The molecule has 0 spiro atoms. The van der Waals surface area contributed by atoms with Crippen LogP contribution >= 0.6 is 23.4 Å². The van der Waals surface area contributed by atoms with Crippen LogP contribution in [0.5, 0.6) is 5.75 Å². The van der Waals surface area contributed by atoms with Gasteiger partial charge in [0, 0.05) is 22.0 Å². The zero-order valence-corrected chi connectivity index (χ0v) is 19.9. The summed E-state index contributed by atoms with van der Waals surface area (Å²) < 4.78 is 7.19. The number of carbonyl (C=O) groups is 1. The molecule has 4 aromatic rings. The molecule has 0 atom stereocenters. The maximum absolute atomic E-state index is 12.7. The standard InChI is InChI=1S/C25H23ClN4O2S/c1-3-17-6-4-5-7-22(17)27-23(31)16-33-25-29-28-24(18-8-14-21(32-2)15-9-18)30(25)20-12-10-19(26)11-13-20/h4-15H,3,16H2,1-2H3,(H,27,31). The van der Waals surface area contributed by atoms with Crippen molar-refractivity contribution < 1.29 is 9.53 Å². The van der Waals surface area contributed by atoms with Crippen LogP contribution in [0.15, 0.2) is 78.0 Å². The number of thioether (sulfide) groups is 1. The van der Waals surface area contributed by atoms with E-state index in [9.17, 15) is 4.79 Å². The van der Waals surface area contributed by atoms with Gasteiger partial charge in [-0.1, -0.05) is 48.5 Å². The monoisotopic (exact) mass is 478 g/mol. The van der Waals surface area contributed by atoms with E-state index in [-0.39, 0.29) is 11.7 Å². The zero-order valence-electron chi connectivity index (χ0n) is 18.3. The summed E-state index contributed by atoms with van der Waals surface area (Å²) in [7, 11) is 1.63. The molecule has 4 rings (SSSR count). The topological polar surface area (TPSA) is 69.0 Å². The summed E-state index contributed by atoms with van der Waals surface area (Å²) in [4.78, 5) is 12.7. The third-order valence-electron chi connectivity index (χ3n) is 5.07. The van der Waals surface area contributed by atoms with Crippen molar-refractivity contribution in [1.29, 1.82) is 0 Å². The number of ether oxygens (including phenoxy) is 1. The fourth-order valence-corrected chi connectivity index (χ4v) is 4.26. The molecule has 0 aliphatic carbocycles. The molecule has 1 N–H and O–H groups in total. The molecule has 8 heteroatoms. The summed E-state index contributed by atoms with van der Waals surface area (Å²) in [6.07, 6.45) is 0.847. The van der Waals surface area contributed by atoms with E-state index in [0.717, 1.165) is 34.7 Å². The molecule has 1 amide bonds. The fourth-order valence-electron chi connectivity index (χ4n) is 3.38. The van der Waals surface area contributed by atoms with Gasteiger partial charge >= 0.3 is 0 Å². The van der Waals surface area contributed by atoms with Gasteiger partial charge in [-0.2, -0.15) is 0 Å². The molecule has 0 saturated carbocycles. The maximum atomic E-state index is 12.7. The van der Waals surface area contributed by atoms with Crippen LogP contribution < -0.4 is 10.1 Å². The molecule has 3 aromatic carbocycles. The predicted molar refractivity (Wildman–Crippen MR) is 134 cm³/mol. The second-order valence-electron chi connectivity index (χ2n) is 7.19. The van der Waals surface area contributed by atoms with Crippen LogP contribution in [0.25, 0.3) is 17.1 Å². The number of halogens is 1. The average molecular weight is 479 g/mol. The normalized spacial score (nSPS) is 10.8. The Labute approximate surface area is 202 Å². The Hall–Kier alpha value is -3.29. The van der Waals surface area contributed by atoms with E-state index in [1.165, 1.54) is 11.8 Å². The highest BCUT2D eigenvalue weighted by Crippen LogP contribution is 2.30. The fraction of sp³-hybridized carbons (Fsp3) is 0.160. The number of carbonyl (C=O) groups excluding carboxylic acids is 1. The number of hydrogen-bond acceptors (Lipinski definition) is 5. The largest absolute Gasteiger partial charge is 0.497 e. The minimum Gasteiger partial charge on any atom is -0.497 e. The molecule has 0 radical (unpaired) electrons. The summed E-state index contributed by atoms with van der Waals surface area (Å²) in [6.45, 7) is 2.06. The van der Waals surface area contributed by atoms with Gasteiger partial charge in [0.05, 0.1) is 12.9 Å². The molecule has 0 fully saturated rings. The lowest BCUT2D eigenvalue weighted by atomic mass is 10.1. The van der Waals surface area contributed by atoms with E-state index < -0.39 is 0 Å². The summed E-state index contributed by atoms with van der Waals surface area (Å²) in [5.74, 6) is 1.53. The summed E-state index contributed by atoms with van der Waals surface area (Å²) in [6, 6.07) is 22.9. The number of aryl methyl sites for hydroxylation is 1. The van der Waals surface area contributed by atoms with Crippen LogP contribution in [0.2, 0.25) is 5.02 Å². The Morgan fingerprint density at radius 2 is 1.76 bits per heavy atom. The van der Waals surface area contributed by atoms with Crippen LogP contribution in [-0.4, -0.2) is 33.5 Å². The highest BCUT2D eigenvalue weighted by Gasteiger charge is 2.18. The molecule has 1 heterocycles.